The molecule has 0 spiro atoms. The van der Waals surface area contributed by atoms with Crippen LogP contribution in [0.25, 0.3) is 10.9 Å². The second-order valence-corrected chi connectivity index (χ2v) is 10.0. The van der Waals surface area contributed by atoms with Crippen LogP contribution in [0.3, 0.4) is 0 Å². The summed E-state index contributed by atoms with van der Waals surface area (Å²) in [6, 6.07) is 20.7. The minimum absolute atomic E-state index is 0.139. The van der Waals surface area contributed by atoms with Crippen LogP contribution in [0.1, 0.15) is 22.4 Å². The van der Waals surface area contributed by atoms with E-state index in [1.165, 1.54) is 5.56 Å². The van der Waals surface area contributed by atoms with Crippen LogP contribution in [-0.2, 0) is 24.3 Å². The second kappa shape index (κ2) is 10.3. The summed E-state index contributed by atoms with van der Waals surface area (Å²) < 4.78 is 6.04. The predicted octanol–water partition coefficient (Wildman–Crippen LogP) is 4.16. The summed E-state index contributed by atoms with van der Waals surface area (Å²) in [5.74, 6) is 2.08. The molecule has 1 N–H and O–H groups in total. The number of rotatable bonds is 5. The van der Waals surface area contributed by atoms with Crippen molar-refractivity contribution in [1.82, 2.24) is 19.8 Å². The van der Waals surface area contributed by atoms with Gasteiger partial charge < -0.3 is 19.5 Å². The van der Waals surface area contributed by atoms with Crippen molar-refractivity contribution in [2.45, 2.75) is 26.4 Å². The molecule has 4 heterocycles. The van der Waals surface area contributed by atoms with E-state index in [0.717, 1.165) is 72.0 Å². The SMILES string of the molecule is Cc1[nH]c2ccccc2c1CC(=O)N1CCOc2ccc(CN3CCN(c4ccccn4)CC3)cc2C1. The molecule has 0 unspecified atom stereocenters. The Hall–Kier alpha value is -3.84. The number of carbonyl (C=O) groups is 1. The minimum atomic E-state index is 0.139. The van der Waals surface area contributed by atoms with Gasteiger partial charge in [-0.15, -0.1) is 0 Å². The molecule has 0 radical (unpaired) electrons. The third-order valence-electron chi connectivity index (χ3n) is 7.56. The molecule has 7 heteroatoms. The number of carbonyl (C=O) groups excluding carboxylic acids is 1. The van der Waals surface area contributed by atoms with Gasteiger partial charge in [-0.05, 0) is 48.4 Å². The van der Waals surface area contributed by atoms with Crippen LogP contribution in [0.2, 0.25) is 0 Å². The third-order valence-corrected chi connectivity index (χ3v) is 7.56. The predicted molar refractivity (Wildman–Crippen MR) is 146 cm³/mol. The monoisotopic (exact) mass is 495 g/mol. The zero-order valence-corrected chi connectivity index (χ0v) is 21.3. The molecule has 2 aliphatic heterocycles. The molecule has 0 bridgehead atoms. The van der Waals surface area contributed by atoms with Crippen molar-refractivity contribution in [3.8, 4) is 5.75 Å². The lowest BCUT2D eigenvalue weighted by atomic mass is 10.1. The first-order chi connectivity index (χ1) is 18.1. The van der Waals surface area contributed by atoms with E-state index in [2.05, 4.69) is 56.2 Å². The summed E-state index contributed by atoms with van der Waals surface area (Å²) in [7, 11) is 0. The van der Waals surface area contributed by atoms with E-state index in [4.69, 9.17) is 4.74 Å². The number of anilines is 1. The highest BCUT2D eigenvalue weighted by molar-refractivity contribution is 5.90. The summed E-state index contributed by atoms with van der Waals surface area (Å²) in [6.07, 6.45) is 2.25. The van der Waals surface area contributed by atoms with Crippen molar-refractivity contribution in [2.75, 3.05) is 44.2 Å². The van der Waals surface area contributed by atoms with Crippen LogP contribution >= 0.6 is 0 Å². The van der Waals surface area contributed by atoms with Crippen molar-refractivity contribution in [2.24, 2.45) is 0 Å². The Labute approximate surface area is 217 Å². The van der Waals surface area contributed by atoms with E-state index in [1.807, 2.05) is 42.3 Å². The number of H-pyrrole nitrogens is 1. The van der Waals surface area contributed by atoms with Gasteiger partial charge in [0.05, 0.1) is 13.0 Å². The van der Waals surface area contributed by atoms with Crippen molar-refractivity contribution in [3.63, 3.8) is 0 Å². The van der Waals surface area contributed by atoms with Gasteiger partial charge in [-0.3, -0.25) is 9.69 Å². The zero-order valence-electron chi connectivity index (χ0n) is 21.3. The van der Waals surface area contributed by atoms with E-state index >= 15 is 0 Å². The average Bonchev–Trinajstić information content (AvgIpc) is 3.09. The molecule has 6 rings (SSSR count). The van der Waals surface area contributed by atoms with Crippen LogP contribution in [0.4, 0.5) is 5.82 Å². The van der Waals surface area contributed by atoms with Crippen LogP contribution in [0.15, 0.2) is 66.9 Å². The fraction of sp³-hybridized carbons (Fsp3) is 0.333. The normalized spacial score (nSPS) is 16.4. The number of amides is 1. The number of benzene rings is 2. The summed E-state index contributed by atoms with van der Waals surface area (Å²) >= 11 is 0. The fourth-order valence-corrected chi connectivity index (χ4v) is 5.52. The number of para-hydroxylation sites is 1. The van der Waals surface area contributed by atoms with Crippen LogP contribution < -0.4 is 9.64 Å². The number of nitrogens with zero attached hydrogens (tertiary/aromatic N) is 4. The standard InChI is InChI=1S/C30H33N5O2/c1-22-26(25-6-2-3-7-27(25)32-22)19-30(36)35-16-17-37-28-10-9-23(18-24(28)21-35)20-33-12-14-34(15-13-33)29-8-4-5-11-31-29/h2-11,18,32H,12-17,19-21H2,1H3. The fourth-order valence-electron chi connectivity index (χ4n) is 5.52. The third kappa shape index (κ3) is 5.04. The molecule has 0 aliphatic carbocycles. The highest BCUT2D eigenvalue weighted by atomic mass is 16.5. The smallest absolute Gasteiger partial charge is 0.227 e. The molecule has 7 nitrogen and oxygen atoms in total. The molecule has 2 aliphatic rings. The number of hydrogen-bond acceptors (Lipinski definition) is 5. The number of ether oxygens (including phenoxy) is 1. The van der Waals surface area contributed by atoms with Crippen molar-refractivity contribution >= 4 is 22.6 Å². The van der Waals surface area contributed by atoms with Gasteiger partial charge in [0.2, 0.25) is 5.91 Å². The van der Waals surface area contributed by atoms with E-state index in [0.29, 0.717) is 26.1 Å². The number of piperazine rings is 1. The van der Waals surface area contributed by atoms with Crippen LogP contribution in [0.5, 0.6) is 5.75 Å². The van der Waals surface area contributed by atoms with Gasteiger partial charge in [0.15, 0.2) is 0 Å². The molecule has 1 amide bonds. The van der Waals surface area contributed by atoms with E-state index in [-0.39, 0.29) is 5.91 Å². The highest BCUT2D eigenvalue weighted by Gasteiger charge is 2.23. The Morgan fingerprint density at radius 1 is 1.00 bits per heavy atom. The van der Waals surface area contributed by atoms with E-state index in [9.17, 15) is 4.79 Å². The molecular formula is C30H33N5O2. The molecule has 37 heavy (non-hydrogen) atoms. The van der Waals surface area contributed by atoms with Crippen LogP contribution in [-0.4, -0.2) is 65.0 Å². The largest absolute Gasteiger partial charge is 0.491 e. The van der Waals surface area contributed by atoms with E-state index in [1.54, 1.807) is 0 Å². The molecular weight excluding hydrogens is 462 g/mol. The molecule has 0 atom stereocenters. The Balaban J connectivity index is 1.11. The van der Waals surface area contributed by atoms with Gasteiger partial charge in [-0.2, -0.15) is 0 Å². The Kier molecular flexibility index (Phi) is 6.53. The number of fused-ring (bicyclic) bond motifs is 2. The van der Waals surface area contributed by atoms with Gasteiger partial charge >= 0.3 is 0 Å². The number of aryl methyl sites for hydroxylation is 1. The molecule has 4 aromatic rings. The second-order valence-electron chi connectivity index (χ2n) is 10.0. The highest BCUT2D eigenvalue weighted by Crippen LogP contribution is 2.27. The number of hydrogen-bond donors (Lipinski definition) is 1. The van der Waals surface area contributed by atoms with Gasteiger partial charge in [-0.1, -0.05) is 30.3 Å². The lowest BCUT2D eigenvalue weighted by Gasteiger charge is -2.35. The number of aromatic nitrogens is 2. The van der Waals surface area contributed by atoms with Gasteiger partial charge in [-0.25, -0.2) is 4.98 Å². The van der Waals surface area contributed by atoms with Gasteiger partial charge in [0.1, 0.15) is 18.2 Å². The lowest BCUT2D eigenvalue weighted by Crippen LogP contribution is -2.46. The Morgan fingerprint density at radius 2 is 1.84 bits per heavy atom. The molecule has 1 fully saturated rings. The average molecular weight is 496 g/mol. The van der Waals surface area contributed by atoms with Crippen molar-refractivity contribution in [3.05, 3.63) is 89.2 Å². The first-order valence-electron chi connectivity index (χ1n) is 13.1. The summed E-state index contributed by atoms with van der Waals surface area (Å²) in [4.78, 5) is 28.1. The minimum Gasteiger partial charge on any atom is -0.491 e. The van der Waals surface area contributed by atoms with Gasteiger partial charge in [0, 0.05) is 67.6 Å². The molecule has 190 valence electrons. The van der Waals surface area contributed by atoms with E-state index < -0.39 is 0 Å². The van der Waals surface area contributed by atoms with Crippen molar-refractivity contribution in [1.29, 1.82) is 0 Å². The van der Waals surface area contributed by atoms with Crippen LogP contribution in [0, 0.1) is 6.92 Å². The first-order valence-corrected chi connectivity index (χ1v) is 13.1. The topological polar surface area (TPSA) is 64.7 Å². The Bertz CT molecular complexity index is 1390. The molecule has 2 aromatic carbocycles. The number of nitrogens with one attached hydrogen (secondary N) is 1. The summed E-state index contributed by atoms with van der Waals surface area (Å²) in [5, 5.41) is 1.13. The molecule has 1 saturated heterocycles. The summed E-state index contributed by atoms with van der Waals surface area (Å²) in [6.45, 7) is 8.58. The quantitative estimate of drug-likeness (QED) is 0.451. The lowest BCUT2D eigenvalue weighted by molar-refractivity contribution is -0.131. The maximum absolute atomic E-state index is 13.4. The maximum Gasteiger partial charge on any atom is 0.227 e. The number of pyridine rings is 1. The summed E-state index contributed by atoms with van der Waals surface area (Å²) in [5.41, 5.74) is 5.58. The van der Waals surface area contributed by atoms with Crippen molar-refractivity contribution < 1.29 is 9.53 Å². The maximum atomic E-state index is 13.4. The molecule has 2 aromatic heterocycles. The first kappa shape index (κ1) is 23.6. The zero-order chi connectivity index (χ0) is 25.2. The molecule has 0 saturated carbocycles. The van der Waals surface area contributed by atoms with Gasteiger partial charge in [0.25, 0.3) is 0 Å². The Morgan fingerprint density at radius 3 is 2.68 bits per heavy atom. The number of aromatic amines is 1.